The van der Waals surface area contributed by atoms with Gasteiger partial charge in [-0.25, -0.2) is 4.98 Å². The molecule has 1 aliphatic rings. The molecule has 2 heterocycles. The van der Waals surface area contributed by atoms with Crippen molar-refractivity contribution in [2.75, 3.05) is 6.61 Å². The lowest BCUT2D eigenvalue weighted by molar-refractivity contribution is -0.000172. The first-order valence-electron chi connectivity index (χ1n) is 8.12. The van der Waals surface area contributed by atoms with Crippen molar-refractivity contribution in [1.82, 2.24) is 25.0 Å². The van der Waals surface area contributed by atoms with E-state index in [2.05, 4.69) is 20.3 Å². The normalized spacial score (nSPS) is 15.0. The largest absolute Gasteiger partial charge is 0.378 e. The molecule has 0 N–H and O–H groups in total. The summed E-state index contributed by atoms with van der Waals surface area (Å²) in [4.78, 5) is 9.01. The van der Waals surface area contributed by atoms with Crippen LogP contribution in [0.25, 0.3) is 22.4 Å². The Bertz CT molecular complexity index is 796. The van der Waals surface area contributed by atoms with Crippen LogP contribution in [0.1, 0.15) is 25.7 Å². The SMILES string of the molecule is c1ccc2nc(-c3cn(CCCOC4CCC4)nn3)cnc2c1. The lowest BCUT2D eigenvalue weighted by atomic mass is 9.96. The van der Waals surface area contributed by atoms with Crippen LogP contribution in [0.4, 0.5) is 0 Å². The van der Waals surface area contributed by atoms with E-state index in [0.717, 1.165) is 42.0 Å². The molecule has 0 bridgehead atoms. The van der Waals surface area contributed by atoms with Crippen LogP contribution in [0, 0.1) is 0 Å². The van der Waals surface area contributed by atoms with Gasteiger partial charge in [0.2, 0.25) is 0 Å². The Morgan fingerprint density at radius 3 is 2.83 bits per heavy atom. The number of rotatable bonds is 6. The minimum absolute atomic E-state index is 0.495. The minimum atomic E-state index is 0.495. The van der Waals surface area contributed by atoms with E-state index in [9.17, 15) is 0 Å². The van der Waals surface area contributed by atoms with Gasteiger partial charge in [0.1, 0.15) is 11.4 Å². The molecule has 1 aromatic carbocycles. The van der Waals surface area contributed by atoms with Crippen LogP contribution in [0.15, 0.2) is 36.7 Å². The third-order valence-electron chi connectivity index (χ3n) is 4.19. The number of nitrogens with zero attached hydrogens (tertiary/aromatic N) is 5. The predicted octanol–water partition coefficient (Wildman–Crippen LogP) is 2.85. The summed E-state index contributed by atoms with van der Waals surface area (Å²) < 4.78 is 7.60. The number of aromatic nitrogens is 5. The molecule has 0 radical (unpaired) electrons. The maximum absolute atomic E-state index is 5.76. The average molecular weight is 309 g/mol. The highest BCUT2D eigenvalue weighted by Gasteiger charge is 2.17. The highest BCUT2D eigenvalue weighted by atomic mass is 16.5. The van der Waals surface area contributed by atoms with Crippen LogP contribution >= 0.6 is 0 Å². The van der Waals surface area contributed by atoms with Gasteiger partial charge in [0, 0.05) is 13.2 Å². The number of hydrogen-bond acceptors (Lipinski definition) is 5. The van der Waals surface area contributed by atoms with Gasteiger partial charge in [0.25, 0.3) is 0 Å². The average Bonchev–Trinajstić information content (AvgIpc) is 3.01. The van der Waals surface area contributed by atoms with Gasteiger partial charge >= 0.3 is 0 Å². The Balaban J connectivity index is 1.39. The fraction of sp³-hybridized carbons (Fsp3) is 0.412. The van der Waals surface area contributed by atoms with Gasteiger partial charge in [-0.2, -0.15) is 0 Å². The highest BCUT2D eigenvalue weighted by Crippen LogP contribution is 2.22. The summed E-state index contributed by atoms with van der Waals surface area (Å²) in [6.45, 7) is 1.59. The van der Waals surface area contributed by atoms with Crippen LogP contribution in [0.3, 0.4) is 0 Å². The van der Waals surface area contributed by atoms with Crippen molar-refractivity contribution in [1.29, 1.82) is 0 Å². The lowest BCUT2D eigenvalue weighted by Gasteiger charge is -2.25. The molecular formula is C17H19N5O. The molecule has 6 nitrogen and oxygen atoms in total. The second-order valence-electron chi connectivity index (χ2n) is 5.89. The molecule has 6 heteroatoms. The fourth-order valence-corrected chi connectivity index (χ4v) is 2.62. The highest BCUT2D eigenvalue weighted by molar-refractivity contribution is 5.76. The van der Waals surface area contributed by atoms with Crippen molar-refractivity contribution in [2.45, 2.75) is 38.3 Å². The van der Waals surface area contributed by atoms with Crippen LogP contribution < -0.4 is 0 Å². The summed E-state index contributed by atoms with van der Waals surface area (Å²) in [5.41, 5.74) is 3.26. The molecule has 0 unspecified atom stereocenters. The third kappa shape index (κ3) is 3.22. The molecule has 118 valence electrons. The molecule has 3 aromatic rings. The van der Waals surface area contributed by atoms with Crippen LogP contribution in [-0.4, -0.2) is 37.7 Å². The quantitative estimate of drug-likeness (QED) is 0.655. The van der Waals surface area contributed by atoms with Crippen LogP contribution in [-0.2, 0) is 11.3 Å². The molecule has 0 aliphatic heterocycles. The van der Waals surface area contributed by atoms with E-state index in [1.54, 1.807) is 6.20 Å². The molecule has 0 amide bonds. The van der Waals surface area contributed by atoms with Crippen molar-refractivity contribution in [3.8, 4) is 11.4 Å². The molecule has 2 aromatic heterocycles. The van der Waals surface area contributed by atoms with Gasteiger partial charge in [-0.05, 0) is 37.8 Å². The topological polar surface area (TPSA) is 65.7 Å². The molecule has 0 saturated heterocycles. The summed E-state index contributed by atoms with van der Waals surface area (Å²) >= 11 is 0. The van der Waals surface area contributed by atoms with Crippen molar-refractivity contribution >= 4 is 11.0 Å². The Morgan fingerprint density at radius 2 is 2.00 bits per heavy atom. The zero-order chi connectivity index (χ0) is 15.5. The second-order valence-corrected chi connectivity index (χ2v) is 5.89. The summed E-state index contributed by atoms with van der Waals surface area (Å²) in [6, 6.07) is 7.82. The van der Waals surface area contributed by atoms with Crippen molar-refractivity contribution in [2.24, 2.45) is 0 Å². The second kappa shape index (κ2) is 6.42. The van der Waals surface area contributed by atoms with Crippen molar-refractivity contribution < 1.29 is 4.74 Å². The number of fused-ring (bicyclic) bond motifs is 1. The first-order chi connectivity index (χ1) is 11.4. The van der Waals surface area contributed by atoms with Gasteiger partial charge in [0.05, 0.1) is 29.5 Å². The summed E-state index contributed by atoms with van der Waals surface area (Å²) in [6.07, 6.45) is 8.85. The summed E-state index contributed by atoms with van der Waals surface area (Å²) in [5, 5.41) is 8.37. The van der Waals surface area contributed by atoms with E-state index in [0.29, 0.717) is 6.10 Å². The molecule has 4 rings (SSSR count). The molecule has 0 spiro atoms. The van der Waals surface area contributed by atoms with E-state index < -0.39 is 0 Å². The molecule has 23 heavy (non-hydrogen) atoms. The van der Waals surface area contributed by atoms with Gasteiger partial charge in [-0.15, -0.1) is 5.10 Å². The standard InChI is InChI=1S/C17H19N5O/c1-2-8-15-14(7-1)18-11-16(19-15)17-12-22(21-20-17)9-4-10-23-13-5-3-6-13/h1-2,7-8,11-13H,3-6,9-10H2. The molecular weight excluding hydrogens is 290 g/mol. The minimum Gasteiger partial charge on any atom is -0.378 e. The van der Waals surface area contributed by atoms with Crippen LogP contribution in [0.2, 0.25) is 0 Å². The smallest absolute Gasteiger partial charge is 0.133 e. The van der Waals surface area contributed by atoms with Crippen molar-refractivity contribution in [3.63, 3.8) is 0 Å². The number of hydrogen-bond donors (Lipinski definition) is 0. The first-order valence-corrected chi connectivity index (χ1v) is 8.12. The van der Waals surface area contributed by atoms with E-state index in [-0.39, 0.29) is 0 Å². The van der Waals surface area contributed by atoms with E-state index in [1.165, 1.54) is 19.3 Å². The maximum Gasteiger partial charge on any atom is 0.133 e. The lowest BCUT2D eigenvalue weighted by Crippen LogP contribution is -2.22. The van der Waals surface area contributed by atoms with Gasteiger partial charge in [-0.3, -0.25) is 9.67 Å². The number of ether oxygens (including phenoxy) is 1. The van der Waals surface area contributed by atoms with Crippen molar-refractivity contribution in [3.05, 3.63) is 36.7 Å². The van der Waals surface area contributed by atoms with Gasteiger partial charge in [0.15, 0.2) is 0 Å². The number of benzene rings is 1. The zero-order valence-corrected chi connectivity index (χ0v) is 12.9. The van der Waals surface area contributed by atoms with E-state index in [1.807, 2.05) is 35.1 Å². The summed E-state index contributed by atoms with van der Waals surface area (Å²) in [5.74, 6) is 0. The Labute approximate surface area is 134 Å². The van der Waals surface area contributed by atoms with Gasteiger partial charge in [-0.1, -0.05) is 17.3 Å². The first kappa shape index (κ1) is 14.3. The molecule has 1 aliphatic carbocycles. The Morgan fingerprint density at radius 1 is 1.13 bits per heavy atom. The zero-order valence-electron chi connectivity index (χ0n) is 12.9. The predicted molar refractivity (Wildman–Crippen MR) is 86.8 cm³/mol. The van der Waals surface area contributed by atoms with E-state index >= 15 is 0 Å². The van der Waals surface area contributed by atoms with E-state index in [4.69, 9.17) is 4.74 Å². The fourth-order valence-electron chi connectivity index (χ4n) is 2.62. The van der Waals surface area contributed by atoms with Crippen LogP contribution in [0.5, 0.6) is 0 Å². The Hall–Kier alpha value is -2.34. The van der Waals surface area contributed by atoms with Gasteiger partial charge < -0.3 is 4.74 Å². The third-order valence-corrected chi connectivity index (χ3v) is 4.19. The number of aryl methyl sites for hydroxylation is 1. The molecule has 0 atom stereocenters. The molecule has 1 fully saturated rings. The Kier molecular flexibility index (Phi) is 3.98. The monoisotopic (exact) mass is 309 g/mol. The summed E-state index contributed by atoms with van der Waals surface area (Å²) in [7, 11) is 0. The molecule has 1 saturated carbocycles. The number of para-hydroxylation sites is 2. The maximum atomic E-state index is 5.76.